The van der Waals surface area contributed by atoms with Crippen LogP contribution in [-0.2, 0) is 6.54 Å². The average Bonchev–Trinajstić information content (AvgIpc) is 3.30. The summed E-state index contributed by atoms with van der Waals surface area (Å²) in [5.41, 5.74) is 2.78. The maximum Gasteiger partial charge on any atom is 0.263 e. The van der Waals surface area contributed by atoms with E-state index in [0.29, 0.717) is 24.3 Å². The van der Waals surface area contributed by atoms with Crippen LogP contribution in [0.25, 0.3) is 16.7 Å². The molecule has 0 aliphatic rings. The van der Waals surface area contributed by atoms with Gasteiger partial charge in [0.25, 0.3) is 5.56 Å². The first-order chi connectivity index (χ1) is 17.2. The first kappa shape index (κ1) is 23.0. The smallest absolute Gasteiger partial charge is 0.263 e. The molecule has 35 heavy (non-hydrogen) atoms. The number of ether oxygens (including phenoxy) is 2. The third-order valence-corrected chi connectivity index (χ3v) is 6.79. The molecular weight excluding hydrogens is 460 g/mol. The molecule has 0 saturated carbocycles. The molecule has 0 atom stereocenters. The molecule has 7 nitrogen and oxygen atoms in total. The molecule has 5 aromatic rings. The zero-order chi connectivity index (χ0) is 24.2. The monoisotopic (exact) mass is 486 g/mol. The third kappa shape index (κ3) is 4.74. The standard InChI is InChI=1S/C27H26N4O3S/c1-19-9-7-11-21(17-19)34-15-8-16-35-27-29-28-26-30(18-20-10-3-6-14-24(20)33-2)25(32)22-12-4-5-13-23(22)31(26)27/h3-7,9-14,17H,8,15-16,18H2,1-2H3. The van der Waals surface area contributed by atoms with Crippen molar-refractivity contribution < 1.29 is 9.47 Å². The fourth-order valence-electron chi connectivity index (χ4n) is 4.09. The van der Waals surface area contributed by atoms with E-state index in [0.717, 1.165) is 39.9 Å². The Bertz CT molecular complexity index is 1540. The molecule has 0 spiro atoms. The minimum absolute atomic E-state index is 0.102. The summed E-state index contributed by atoms with van der Waals surface area (Å²) in [6, 6.07) is 23.3. The normalized spacial score (nSPS) is 11.3. The summed E-state index contributed by atoms with van der Waals surface area (Å²) in [5.74, 6) is 2.94. The molecule has 0 fully saturated rings. The van der Waals surface area contributed by atoms with Gasteiger partial charge in [-0.2, -0.15) is 0 Å². The van der Waals surface area contributed by atoms with Crippen LogP contribution in [0.5, 0.6) is 11.5 Å². The Hall–Kier alpha value is -3.78. The van der Waals surface area contributed by atoms with E-state index in [1.807, 2.05) is 71.1 Å². The van der Waals surface area contributed by atoms with Gasteiger partial charge in [-0.1, -0.05) is 54.2 Å². The largest absolute Gasteiger partial charge is 0.496 e. The number of nitrogens with zero attached hydrogens (tertiary/aromatic N) is 4. The number of fused-ring (bicyclic) bond motifs is 3. The van der Waals surface area contributed by atoms with Crippen molar-refractivity contribution >= 4 is 28.4 Å². The zero-order valence-corrected chi connectivity index (χ0v) is 20.5. The van der Waals surface area contributed by atoms with Crippen molar-refractivity contribution in [3.05, 3.63) is 94.3 Å². The van der Waals surface area contributed by atoms with Crippen LogP contribution in [-0.4, -0.2) is 38.6 Å². The SMILES string of the molecule is COc1ccccc1Cn1c(=O)c2ccccc2n2c(SCCCOc3cccc(C)c3)nnc12. The lowest BCUT2D eigenvalue weighted by molar-refractivity contribution is 0.318. The molecule has 0 bridgehead atoms. The molecule has 0 aliphatic carbocycles. The van der Waals surface area contributed by atoms with Gasteiger partial charge in [-0.3, -0.25) is 13.8 Å². The van der Waals surface area contributed by atoms with E-state index in [4.69, 9.17) is 9.47 Å². The predicted octanol–water partition coefficient (Wildman–Crippen LogP) is 4.97. The number of aryl methyl sites for hydroxylation is 1. The molecule has 3 aromatic carbocycles. The number of hydrogen-bond acceptors (Lipinski definition) is 6. The summed E-state index contributed by atoms with van der Waals surface area (Å²) in [5, 5.41) is 10.2. The molecule has 0 N–H and O–H groups in total. The number of rotatable bonds is 9. The van der Waals surface area contributed by atoms with Crippen LogP contribution in [0.15, 0.2) is 82.7 Å². The number of methoxy groups -OCH3 is 1. The highest BCUT2D eigenvalue weighted by Gasteiger charge is 2.18. The van der Waals surface area contributed by atoms with Crippen molar-refractivity contribution in [3.8, 4) is 11.5 Å². The highest BCUT2D eigenvalue weighted by Crippen LogP contribution is 2.24. The summed E-state index contributed by atoms with van der Waals surface area (Å²) < 4.78 is 15.0. The first-order valence-corrected chi connectivity index (χ1v) is 12.4. The van der Waals surface area contributed by atoms with Gasteiger partial charge < -0.3 is 9.47 Å². The minimum Gasteiger partial charge on any atom is -0.496 e. The Kier molecular flexibility index (Phi) is 6.72. The van der Waals surface area contributed by atoms with Gasteiger partial charge in [-0.15, -0.1) is 10.2 Å². The van der Waals surface area contributed by atoms with E-state index >= 15 is 0 Å². The lowest BCUT2D eigenvalue weighted by Gasteiger charge is -2.13. The maximum atomic E-state index is 13.4. The van der Waals surface area contributed by atoms with E-state index in [1.54, 1.807) is 23.4 Å². The third-order valence-electron chi connectivity index (χ3n) is 5.78. The van der Waals surface area contributed by atoms with Gasteiger partial charge in [0.05, 0.1) is 31.2 Å². The fraction of sp³-hybridized carbons (Fsp3) is 0.222. The van der Waals surface area contributed by atoms with Crippen LogP contribution in [0, 0.1) is 6.92 Å². The maximum absolute atomic E-state index is 13.4. The molecule has 5 rings (SSSR count). The van der Waals surface area contributed by atoms with Crippen LogP contribution in [0.3, 0.4) is 0 Å². The summed E-state index contributed by atoms with van der Waals surface area (Å²) in [6.07, 6.45) is 0.853. The number of benzene rings is 3. The van der Waals surface area contributed by atoms with Crippen LogP contribution in [0.4, 0.5) is 0 Å². The number of thioether (sulfide) groups is 1. The quantitative estimate of drug-likeness (QED) is 0.216. The van der Waals surface area contributed by atoms with Gasteiger partial charge in [-0.25, -0.2) is 0 Å². The number of hydrogen-bond donors (Lipinski definition) is 0. The van der Waals surface area contributed by atoms with Gasteiger partial charge in [0.2, 0.25) is 5.78 Å². The van der Waals surface area contributed by atoms with E-state index in [1.165, 1.54) is 5.56 Å². The second kappa shape index (κ2) is 10.2. The van der Waals surface area contributed by atoms with Crippen LogP contribution in [0.2, 0.25) is 0 Å². The highest BCUT2D eigenvalue weighted by molar-refractivity contribution is 7.99. The molecule has 178 valence electrons. The molecule has 0 aliphatic heterocycles. The fourth-order valence-corrected chi connectivity index (χ4v) is 4.94. The molecule has 8 heteroatoms. The molecule has 2 heterocycles. The predicted molar refractivity (Wildman–Crippen MR) is 139 cm³/mol. The lowest BCUT2D eigenvalue weighted by Crippen LogP contribution is -2.24. The Balaban J connectivity index is 1.42. The van der Waals surface area contributed by atoms with Gasteiger partial charge in [0.15, 0.2) is 5.16 Å². The Morgan fingerprint density at radius 1 is 0.971 bits per heavy atom. The topological polar surface area (TPSA) is 70.7 Å². The van der Waals surface area contributed by atoms with Crippen molar-refractivity contribution in [3.63, 3.8) is 0 Å². The van der Waals surface area contributed by atoms with Crippen molar-refractivity contribution in [2.75, 3.05) is 19.5 Å². The lowest BCUT2D eigenvalue weighted by atomic mass is 10.2. The van der Waals surface area contributed by atoms with E-state index in [2.05, 4.69) is 23.2 Å². The van der Waals surface area contributed by atoms with Crippen molar-refractivity contribution in [2.45, 2.75) is 25.0 Å². The molecule has 0 amide bonds. The Labute approximate surface area is 207 Å². The van der Waals surface area contributed by atoms with Gasteiger partial charge >= 0.3 is 0 Å². The summed E-state index contributed by atoms with van der Waals surface area (Å²) >= 11 is 1.61. The second-order valence-corrected chi connectivity index (χ2v) is 9.27. The average molecular weight is 487 g/mol. The van der Waals surface area contributed by atoms with Gasteiger partial charge in [0.1, 0.15) is 11.5 Å². The Morgan fingerprint density at radius 2 is 1.80 bits per heavy atom. The Morgan fingerprint density at radius 3 is 2.66 bits per heavy atom. The van der Waals surface area contributed by atoms with Gasteiger partial charge in [-0.05, 0) is 49.2 Å². The molecule has 0 saturated heterocycles. The van der Waals surface area contributed by atoms with Crippen LogP contribution in [0.1, 0.15) is 17.5 Å². The molecule has 0 unspecified atom stereocenters. The molecule has 2 aromatic heterocycles. The second-order valence-electron chi connectivity index (χ2n) is 8.21. The number of aromatic nitrogens is 4. The van der Waals surface area contributed by atoms with E-state index in [9.17, 15) is 4.79 Å². The zero-order valence-electron chi connectivity index (χ0n) is 19.7. The highest BCUT2D eigenvalue weighted by atomic mass is 32.2. The van der Waals surface area contributed by atoms with Crippen LogP contribution >= 0.6 is 11.8 Å². The van der Waals surface area contributed by atoms with Crippen molar-refractivity contribution in [2.24, 2.45) is 0 Å². The minimum atomic E-state index is -0.102. The molecule has 0 radical (unpaired) electrons. The number of para-hydroxylation sites is 2. The van der Waals surface area contributed by atoms with Gasteiger partial charge in [0, 0.05) is 11.3 Å². The summed E-state index contributed by atoms with van der Waals surface area (Å²) in [6.45, 7) is 3.01. The van der Waals surface area contributed by atoms with Crippen LogP contribution < -0.4 is 15.0 Å². The summed E-state index contributed by atoms with van der Waals surface area (Å²) in [4.78, 5) is 13.4. The first-order valence-electron chi connectivity index (χ1n) is 11.5. The van der Waals surface area contributed by atoms with E-state index < -0.39 is 0 Å². The van der Waals surface area contributed by atoms with Crippen molar-refractivity contribution in [1.82, 2.24) is 19.2 Å². The van der Waals surface area contributed by atoms with E-state index in [-0.39, 0.29) is 5.56 Å². The summed E-state index contributed by atoms with van der Waals surface area (Å²) in [7, 11) is 1.63. The van der Waals surface area contributed by atoms with Crippen molar-refractivity contribution in [1.29, 1.82) is 0 Å². The molecular formula is C27H26N4O3S.